The van der Waals surface area contributed by atoms with E-state index < -0.39 is 54.3 Å². The van der Waals surface area contributed by atoms with Gasteiger partial charge < -0.3 is 23.7 Å². The zero-order valence-electron chi connectivity index (χ0n) is 14.3. The van der Waals surface area contributed by atoms with E-state index in [1.54, 1.807) is 7.85 Å². The highest BCUT2D eigenvalue weighted by molar-refractivity contribution is 6.11. The average Bonchev–Trinajstić information content (AvgIpc) is 2.42. The lowest BCUT2D eigenvalue weighted by Crippen LogP contribution is -2.62. The molecule has 0 amide bonds. The van der Waals surface area contributed by atoms with Crippen molar-refractivity contribution in [2.75, 3.05) is 6.61 Å². The number of esters is 4. The predicted molar refractivity (Wildman–Crippen MR) is 80.5 cm³/mol. The van der Waals surface area contributed by atoms with Gasteiger partial charge in [-0.1, -0.05) is 0 Å². The van der Waals surface area contributed by atoms with Crippen LogP contribution in [0.15, 0.2) is 0 Å². The molecule has 0 saturated carbocycles. The van der Waals surface area contributed by atoms with E-state index in [-0.39, 0.29) is 6.61 Å². The topological polar surface area (TPSA) is 114 Å². The van der Waals surface area contributed by atoms with E-state index in [1.165, 1.54) is 27.7 Å². The second kappa shape index (κ2) is 8.67. The Kier molecular flexibility index (Phi) is 7.21. The van der Waals surface area contributed by atoms with Gasteiger partial charge in [0.2, 0.25) is 0 Å². The summed E-state index contributed by atoms with van der Waals surface area (Å²) in [5.74, 6) is -2.44. The molecule has 1 aliphatic heterocycles. The molecule has 9 nitrogen and oxygen atoms in total. The second-order valence-corrected chi connectivity index (χ2v) is 5.40. The monoisotopic (exact) mass is 344 g/mol. The molecule has 0 bridgehead atoms. The maximum absolute atomic E-state index is 11.4. The molecule has 5 atom stereocenters. The maximum atomic E-state index is 11.4. The fraction of sp³-hybridized carbons (Fsp3) is 0.714. The van der Waals surface area contributed by atoms with Gasteiger partial charge in [-0.2, -0.15) is 0 Å². The highest BCUT2D eigenvalue weighted by Gasteiger charge is 2.50. The van der Waals surface area contributed by atoms with Crippen LogP contribution >= 0.6 is 0 Å². The number of carbonyl (C=O) groups is 4. The minimum Gasteiger partial charge on any atom is -0.463 e. The SMILES string of the molecule is B[C@H]1O[C@H](COC(C)=O)[C@H](OC(C)=O)[C@H](OC(C)=O)[C@H]1OC(C)=O. The van der Waals surface area contributed by atoms with Gasteiger partial charge in [0, 0.05) is 27.7 Å². The van der Waals surface area contributed by atoms with Gasteiger partial charge in [0.1, 0.15) is 20.6 Å². The lowest BCUT2D eigenvalue weighted by molar-refractivity contribution is -0.239. The van der Waals surface area contributed by atoms with Crippen molar-refractivity contribution >= 4 is 31.7 Å². The van der Waals surface area contributed by atoms with Crippen LogP contribution in [0.25, 0.3) is 0 Å². The molecule has 1 rings (SSSR count). The molecule has 1 heterocycles. The number of carbonyl (C=O) groups excluding carboxylic acids is 4. The Balaban J connectivity index is 3.11. The molecular formula is C14H21BO9. The van der Waals surface area contributed by atoms with Crippen molar-refractivity contribution in [2.24, 2.45) is 0 Å². The van der Waals surface area contributed by atoms with Crippen molar-refractivity contribution in [1.82, 2.24) is 0 Å². The van der Waals surface area contributed by atoms with Gasteiger partial charge >= 0.3 is 23.9 Å². The Morgan fingerprint density at radius 3 is 1.71 bits per heavy atom. The predicted octanol–water partition coefficient (Wildman–Crippen LogP) is -1.30. The minimum atomic E-state index is -1.09. The first-order valence-electron chi connectivity index (χ1n) is 7.42. The van der Waals surface area contributed by atoms with Gasteiger partial charge in [0.25, 0.3) is 0 Å². The second-order valence-electron chi connectivity index (χ2n) is 5.40. The van der Waals surface area contributed by atoms with Crippen molar-refractivity contribution < 1.29 is 42.9 Å². The van der Waals surface area contributed by atoms with Gasteiger partial charge in [-0.15, -0.1) is 0 Å². The molecular weight excluding hydrogens is 323 g/mol. The molecule has 134 valence electrons. The molecule has 0 aliphatic carbocycles. The molecule has 24 heavy (non-hydrogen) atoms. The summed E-state index contributed by atoms with van der Waals surface area (Å²) in [6.07, 6.45) is -4.01. The number of hydrogen-bond donors (Lipinski definition) is 0. The van der Waals surface area contributed by atoms with E-state index >= 15 is 0 Å². The van der Waals surface area contributed by atoms with Crippen molar-refractivity contribution in [2.45, 2.75) is 58.1 Å². The Labute approximate surface area is 140 Å². The third kappa shape index (κ3) is 5.84. The van der Waals surface area contributed by atoms with Gasteiger partial charge in [-0.3, -0.25) is 19.2 Å². The first-order valence-corrected chi connectivity index (χ1v) is 7.42. The fourth-order valence-electron chi connectivity index (χ4n) is 2.44. The summed E-state index contributed by atoms with van der Waals surface area (Å²) in [5.41, 5.74) is 0. The zero-order chi connectivity index (χ0) is 18.4. The third-order valence-electron chi connectivity index (χ3n) is 3.22. The van der Waals surface area contributed by atoms with E-state index in [4.69, 9.17) is 23.7 Å². The molecule has 1 saturated heterocycles. The van der Waals surface area contributed by atoms with Crippen molar-refractivity contribution in [3.63, 3.8) is 0 Å². The van der Waals surface area contributed by atoms with Crippen LogP contribution in [0.4, 0.5) is 0 Å². The van der Waals surface area contributed by atoms with E-state index in [0.717, 1.165) is 0 Å². The summed E-state index contributed by atoms with van der Waals surface area (Å²) in [7, 11) is 1.61. The molecule has 0 aromatic heterocycles. The number of rotatable bonds is 5. The van der Waals surface area contributed by atoms with E-state index in [1.807, 2.05) is 0 Å². The Morgan fingerprint density at radius 1 is 0.792 bits per heavy atom. The van der Waals surface area contributed by atoms with Crippen molar-refractivity contribution in [3.05, 3.63) is 0 Å². The summed E-state index contributed by atoms with van der Waals surface area (Å²) < 4.78 is 26.1. The number of hydrogen-bond acceptors (Lipinski definition) is 9. The Morgan fingerprint density at radius 2 is 1.25 bits per heavy atom. The Bertz CT molecular complexity index is 506. The van der Waals surface area contributed by atoms with E-state index in [0.29, 0.717) is 0 Å². The average molecular weight is 344 g/mol. The Hall–Kier alpha value is -2.10. The summed E-state index contributed by atoms with van der Waals surface area (Å²) in [6, 6.07) is -0.675. The molecule has 0 unspecified atom stereocenters. The van der Waals surface area contributed by atoms with Crippen LogP contribution in [-0.4, -0.2) is 68.7 Å². The standard InChI is InChI=1S/C14H21BO9/c1-6(16)20-5-10-11(21-7(2)17)12(22-8(3)18)13(14(15)24-10)23-9(4)19/h10-14H,5,15H2,1-4H3/t10-,11+,12+,13-,14+/m1/s1. The van der Waals surface area contributed by atoms with Crippen LogP contribution in [0, 0.1) is 0 Å². The van der Waals surface area contributed by atoms with Crippen molar-refractivity contribution in [3.8, 4) is 0 Å². The highest BCUT2D eigenvalue weighted by Crippen LogP contribution is 2.27. The quantitative estimate of drug-likeness (QED) is 0.341. The summed E-state index contributed by atoms with van der Waals surface area (Å²) >= 11 is 0. The highest BCUT2D eigenvalue weighted by atomic mass is 16.7. The van der Waals surface area contributed by atoms with Gasteiger partial charge in [0.15, 0.2) is 18.3 Å². The molecule has 0 aromatic rings. The molecule has 1 fully saturated rings. The van der Waals surface area contributed by atoms with Crippen LogP contribution in [0.3, 0.4) is 0 Å². The molecule has 0 N–H and O–H groups in total. The van der Waals surface area contributed by atoms with Crippen LogP contribution in [0.2, 0.25) is 0 Å². The summed E-state index contributed by atoms with van der Waals surface area (Å²) in [5, 5.41) is 0. The summed E-state index contributed by atoms with van der Waals surface area (Å²) in [6.45, 7) is 4.56. The van der Waals surface area contributed by atoms with Crippen LogP contribution < -0.4 is 0 Å². The lowest BCUT2D eigenvalue weighted by Gasteiger charge is -2.43. The van der Waals surface area contributed by atoms with Crippen LogP contribution in [0.1, 0.15) is 27.7 Å². The molecule has 10 heteroatoms. The summed E-state index contributed by atoms with van der Waals surface area (Å²) in [4.78, 5) is 45.2. The first kappa shape index (κ1) is 20.0. The molecule has 0 spiro atoms. The third-order valence-corrected chi connectivity index (χ3v) is 3.22. The normalized spacial score (nSPS) is 29.2. The van der Waals surface area contributed by atoms with E-state index in [9.17, 15) is 19.2 Å². The van der Waals surface area contributed by atoms with Crippen LogP contribution in [-0.2, 0) is 42.9 Å². The minimum absolute atomic E-state index is 0.206. The van der Waals surface area contributed by atoms with Crippen LogP contribution in [0.5, 0.6) is 0 Å². The number of ether oxygens (including phenoxy) is 5. The molecule has 0 aromatic carbocycles. The first-order chi connectivity index (χ1) is 11.1. The molecule has 1 aliphatic rings. The van der Waals surface area contributed by atoms with Crippen molar-refractivity contribution in [1.29, 1.82) is 0 Å². The smallest absolute Gasteiger partial charge is 0.303 e. The van der Waals surface area contributed by atoms with Gasteiger partial charge in [-0.05, 0) is 0 Å². The maximum Gasteiger partial charge on any atom is 0.303 e. The zero-order valence-corrected chi connectivity index (χ0v) is 14.3. The van der Waals surface area contributed by atoms with E-state index in [2.05, 4.69) is 0 Å². The lowest BCUT2D eigenvalue weighted by atomic mass is 9.84. The largest absolute Gasteiger partial charge is 0.463 e. The molecule has 0 radical (unpaired) electrons. The van der Waals surface area contributed by atoms with Gasteiger partial charge in [-0.25, -0.2) is 0 Å². The van der Waals surface area contributed by atoms with Gasteiger partial charge in [0.05, 0.1) is 6.00 Å². The fourth-order valence-corrected chi connectivity index (χ4v) is 2.44.